The van der Waals surface area contributed by atoms with E-state index in [4.69, 9.17) is 8.97 Å². The molecule has 0 atom stereocenters. The molecule has 1 aromatic carbocycles. The van der Waals surface area contributed by atoms with Gasteiger partial charge in [0.15, 0.2) is 5.43 Å². The molecule has 0 aliphatic carbocycles. The van der Waals surface area contributed by atoms with Crippen molar-refractivity contribution in [2.24, 2.45) is 0 Å². The summed E-state index contributed by atoms with van der Waals surface area (Å²) in [5.74, 6) is 0.624. The molecule has 0 amide bonds. The molecule has 3 rings (SSSR count). The SMILES string of the molecule is CCCc1c(O)ccc2c(=O)cc(-c3cccnc3)oc12.CS(=O)(=O)O. The Bertz CT molecular complexity index is 1050. The van der Waals surface area contributed by atoms with E-state index >= 15 is 0 Å². The molecule has 0 radical (unpaired) electrons. The Labute approximate surface area is 150 Å². The predicted octanol–water partition coefficient (Wildman–Crippen LogP) is 3.02. The molecule has 0 saturated carbocycles. The lowest BCUT2D eigenvalue weighted by Crippen LogP contribution is -2.02. The highest BCUT2D eigenvalue weighted by Gasteiger charge is 2.13. The van der Waals surface area contributed by atoms with Crippen molar-refractivity contribution in [1.29, 1.82) is 0 Å². The number of nitrogens with zero attached hydrogens (tertiary/aromatic N) is 1. The molecule has 2 heterocycles. The molecule has 3 aromatic rings. The van der Waals surface area contributed by atoms with Crippen LogP contribution in [-0.2, 0) is 16.5 Å². The van der Waals surface area contributed by atoms with Crippen molar-refractivity contribution < 1.29 is 22.5 Å². The number of phenolic OH excluding ortho intramolecular Hbond substituents is 1. The Morgan fingerprint density at radius 3 is 2.50 bits per heavy atom. The van der Waals surface area contributed by atoms with Crippen LogP contribution in [0.3, 0.4) is 0 Å². The zero-order valence-electron chi connectivity index (χ0n) is 14.3. The lowest BCUT2D eigenvalue weighted by atomic mass is 10.0. The monoisotopic (exact) mass is 377 g/mol. The maximum absolute atomic E-state index is 12.3. The molecule has 2 aromatic heterocycles. The molecule has 7 nitrogen and oxygen atoms in total. The van der Waals surface area contributed by atoms with Gasteiger partial charge in [0, 0.05) is 29.6 Å². The smallest absolute Gasteiger partial charge is 0.261 e. The highest BCUT2D eigenvalue weighted by Crippen LogP contribution is 2.29. The fourth-order valence-electron chi connectivity index (χ4n) is 2.41. The second-order valence-electron chi connectivity index (χ2n) is 5.64. The Morgan fingerprint density at radius 2 is 1.92 bits per heavy atom. The van der Waals surface area contributed by atoms with Gasteiger partial charge in [0.25, 0.3) is 10.1 Å². The van der Waals surface area contributed by atoms with Gasteiger partial charge < -0.3 is 9.52 Å². The predicted molar refractivity (Wildman–Crippen MR) is 98.8 cm³/mol. The second-order valence-corrected chi connectivity index (χ2v) is 7.11. The van der Waals surface area contributed by atoms with Gasteiger partial charge in [-0.1, -0.05) is 13.3 Å². The topological polar surface area (TPSA) is 118 Å². The van der Waals surface area contributed by atoms with E-state index in [0.717, 1.165) is 12.0 Å². The van der Waals surface area contributed by atoms with Crippen LogP contribution in [0.15, 0.2) is 51.9 Å². The van der Waals surface area contributed by atoms with E-state index in [2.05, 4.69) is 4.98 Å². The standard InChI is InChI=1S/C17H15NO3.CH4O3S/c1-2-4-12-14(19)7-6-13-15(20)9-16(21-17(12)13)11-5-3-8-18-10-11;1-5(2,3)4/h3,5-10,19H,2,4H2,1H3;1H3,(H,2,3,4). The van der Waals surface area contributed by atoms with Crippen LogP contribution in [0, 0.1) is 0 Å². The van der Waals surface area contributed by atoms with Gasteiger partial charge in [0.2, 0.25) is 0 Å². The third kappa shape index (κ3) is 5.14. The number of fused-ring (bicyclic) bond motifs is 1. The van der Waals surface area contributed by atoms with Crippen LogP contribution in [0.1, 0.15) is 18.9 Å². The summed E-state index contributed by atoms with van der Waals surface area (Å²) >= 11 is 0. The Kier molecular flexibility index (Phi) is 6.12. The van der Waals surface area contributed by atoms with Gasteiger partial charge in [-0.25, -0.2) is 0 Å². The van der Waals surface area contributed by atoms with Gasteiger partial charge in [-0.05, 0) is 30.7 Å². The molecular formula is C18H19NO6S. The molecule has 0 saturated heterocycles. The quantitative estimate of drug-likeness (QED) is 0.674. The molecule has 8 heteroatoms. The molecule has 0 unspecified atom stereocenters. The van der Waals surface area contributed by atoms with E-state index in [1.54, 1.807) is 30.6 Å². The number of aromatic nitrogens is 1. The molecule has 0 aliphatic rings. The molecule has 0 spiro atoms. The van der Waals surface area contributed by atoms with Crippen LogP contribution >= 0.6 is 0 Å². The van der Waals surface area contributed by atoms with E-state index < -0.39 is 10.1 Å². The molecule has 0 bridgehead atoms. The van der Waals surface area contributed by atoms with Crippen molar-refractivity contribution in [2.75, 3.05) is 6.26 Å². The fraction of sp³-hybridized carbons (Fsp3) is 0.222. The van der Waals surface area contributed by atoms with Crippen LogP contribution in [-0.4, -0.2) is 29.3 Å². The lowest BCUT2D eigenvalue weighted by Gasteiger charge is -2.08. The average Bonchev–Trinajstić information content (AvgIpc) is 2.57. The number of benzene rings is 1. The van der Waals surface area contributed by atoms with Crippen molar-refractivity contribution in [3.63, 3.8) is 0 Å². The molecule has 26 heavy (non-hydrogen) atoms. The highest BCUT2D eigenvalue weighted by molar-refractivity contribution is 7.85. The lowest BCUT2D eigenvalue weighted by molar-refractivity contribution is 0.466. The number of aromatic hydroxyl groups is 1. The van der Waals surface area contributed by atoms with Crippen molar-refractivity contribution in [1.82, 2.24) is 4.98 Å². The van der Waals surface area contributed by atoms with Crippen LogP contribution in [0.4, 0.5) is 0 Å². The minimum Gasteiger partial charge on any atom is -0.508 e. The van der Waals surface area contributed by atoms with E-state index in [1.165, 1.54) is 6.07 Å². The first-order chi connectivity index (χ1) is 12.2. The number of rotatable bonds is 3. The highest BCUT2D eigenvalue weighted by atomic mass is 32.2. The summed E-state index contributed by atoms with van der Waals surface area (Å²) in [6.07, 6.45) is 5.53. The minimum absolute atomic E-state index is 0.118. The maximum atomic E-state index is 12.3. The van der Waals surface area contributed by atoms with Crippen molar-refractivity contribution in [3.05, 3.63) is 58.5 Å². The number of hydrogen-bond acceptors (Lipinski definition) is 6. The summed E-state index contributed by atoms with van der Waals surface area (Å²) in [5.41, 5.74) is 1.76. The van der Waals surface area contributed by atoms with Crippen LogP contribution in [0.5, 0.6) is 5.75 Å². The zero-order chi connectivity index (χ0) is 19.3. The Morgan fingerprint density at radius 1 is 1.23 bits per heavy atom. The molecule has 0 fully saturated rings. The minimum atomic E-state index is -3.67. The van der Waals surface area contributed by atoms with Gasteiger partial charge in [-0.2, -0.15) is 8.42 Å². The molecular weight excluding hydrogens is 358 g/mol. The van der Waals surface area contributed by atoms with E-state index in [0.29, 0.717) is 35.0 Å². The third-order valence-electron chi connectivity index (χ3n) is 3.42. The Hall–Kier alpha value is -2.71. The molecule has 138 valence electrons. The number of hydrogen-bond donors (Lipinski definition) is 2. The van der Waals surface area contributed by atoms with Crippen LogP contribution in [0.25, 0.3) is 22.3 Å². The molecule has 2 N–H and O–H groups in total. The first-order valence-electron chi connectivity index (χ1n) is 7.82. The van der Waals surface area contributed by atoms with Gasteiger partial charge in [0.1, 0.15) is 17.1 Å². The van der Waals surface area contributed by atoms with E-state index in [1.807, 2.05) is 13.0 Å². The van der Waals surface area contributed by atoms with Crippen LogP contribution < -0.4 is 5.43 Å². The van der Waals surface area contributed by atoms with Crippen LogP contribution in [0.2, 0.25) is 0 Å². The first-order valence-corrected chi connectivity index (χ1v) is 9.67. The normalized spacial score (nSPS) is 11.0. The zero-order valence-corrected chi connectivity index (χ0v) is 15.2. The molecule has 0 aliphatic heterocycles. The number of pyridine rings is 1. The number of phenols is 1. The first kappa shape index (κ1) is 19.6. The number of aryl methyl sites for hydroxylation is 1. The van der Waals surface area contributed by atoms with Gasteiger partial charge in [-0.3, -0.25) is 14.3 Å². The van der Waals surface area contributed by atoms with E-state index in [9.17, 15) is 18.3 Å². The summed E-state index contributed by atoms with van der Waals surface area (Å²) in [5, 5.41) is 10.5. The fourth-order valence-corrected chi connectivity index (χ4v) is 2.41. The Balaban J connectivity index is 0.000000431. The van der Waals surface area contributed by atoms with Crippen molar-refractivity contribution in [2.45, 2.75) is 19.8 Å². The largest absolute Gasteiger partial charge is 0.508 e. The second kappa shape index (κ2) is 8.11. The van der Waals surface area contributed by atoms with E-state index in [-0.39, 0.29) is 11.2 Å². The maximum Gasteiger partial charge on any atom is 0.261 e. The summed E-state index contributed by atoms with van der Waals surface area (Å²) in [4.78, 5) is 16.3. The third-order valence-corrected chi connectivity index (χ3v) is 3.42. The summed E-state index contributed by atoms with van der Waals surface area (Å²) in [6, 6.07) is 8.23. The van der Waals surface area contributed by atoms with Crippen molar-refractivity contribution in [3.8, 4) is 17.1 Å². The summed E-state index contributed by atoms with van der Waals surface area (Å²) in [7, 11) is -3.67. The van der Waals surface area contributed by atoms with Crippen molar-refractivity contribution >= 4 is 21.1 Å². The summed E-state index contributed by atoms with van der Waals surface area (Å²) < 4.78 is 31.8. The van der Waals surface area contributed by atoms with Gasteiger partial charge >= 0.3 is 0 Å². The average molecular weight is 377 g/mol. The summed E-state index contributed by atoms with van der Waals surface area (Å²) in [6.45, 7) is 2.02. The van der Waals surface area contributed by atoms with Gasteiger partial charge in [-0.15, -0.1) is 0 Å². The van der Waals surface area contributed by atoms with Gasteiger partial charge in [0.05, 0.1) is 11.6 Å².